The van der Waals surface area contributed by atoms with Crippen LogP contribution in [0.3, 0.4) is 0 Å². The molecule has 3 N–H and O–H groups in total. The van der Waals surface area contributed by atoms with Crippen LogP contribution in [0.2, 0.25) is 0 Å². The quantitative estimate of drug-likeness (QED) is 0.595. The van der Waals surface area contributed by atoms with Gasteiger partial charge >= 0.3 is 12.0 Å². The van der Waals surface area contributed by atoms with Crippen LogP contribution in [-0.2, 0) is 0 Å². The van der Waals surface area contributed by atoms with Gasteiger partial charge in [0.15, 0.2) is 0 Å². The number of carbonyl (C=O) groups excluding carboxylic acids is 1. The second-order valence-corrected chi connectivity index (χ2v) is 4.08. The van der Waals surface area contributed by atoms with Gasteiger partial charge in [-0.2, -0.15) is 5.10 Å². The van der Waals surface area contributed by atoms with E-state index in [9.17, 15) is 9.59 Å². The van der Waals surface area contributed by atoms with E-state index in [0.29, 0.717) is 11.3 Å². The number of para-hydroxylation sites is 1. The normalized spacial score (nSPS) is 10.3. The van der Waals surface area contributed by atoms with Gasteiger partial charge in [-0.3, -0.25) is 0 Å². The molecule has 2 aromatic carbocycles. The van der Waals surface area contributed by atoms with Crippen molar-refractivity contribution >= 4 is 23.9 Å². The number of anilines is 1. The third-order valence-electron chi connectivity index (χ3n) is 2.59. The van der Waals surface area contributed by atoms with Gasteiger partial charge in [-0.15, -0.1) is 0 Å². The summed E-state index contributed by atoms with van der Waals surface area (Å²) in [6.45, 7) is 0. The van der Waals surface area contributed by atoms with E-state index in [1.54, 1.807) is 42.5 Å². The lowest BCUT2D eigenvalue weighted by molar-refractivity contribution is 0.0696. The molecule has 0 radical (unpaired) electrons. The summed E-state index contributed by atoms with van der Waals surface area (Å²) in [6, 6.07) is 14.8. The van der Waals surface area contributed by atoms with Crippen molar-refractivity contribution in [3.8, 4) is 0 Å². The molecule has 6 nitrogen and oxygen atoms in total. The van der Waals surface area contributed by atoms with E-state index >= 15 is 0 Å². The fourth-order valence-electron chi connectivity index (χ4n) is 1.65. The van der Waals surface area contributed by atoms with Gasteiger partial charge in [0, 0.05) is 11.3 Å². The molecule has 0 heterocycles. The van der Waals surface area contributed by atoms with Crippen molar-refractivity contribution in [2.24, 2.45) is 5.10 Å². The number of nitrogens with zero attached hydrogens (tertiary/aromatic N) is 1. The molecule has 0 bridgehead atoms. The second kappa shape index (κ2) is 6.85. The zero-order valence-corrected chi connectivity index (χ0v) is 11.0. The van der Waals surface area contributed by atoms with Crippen molar-refractivity contribution in [2.75, 3.05) is 5.32 Å². The summed E-state index contributed by atoms with van der Waals surface area (Å²) in [7, 11) is 0. The molecule has 0 fully saturated rings. The number of benzene rings is 2. The first kappa shape index (κ1) is 14.3. The number of nitrogens with one attached hydrogen (secondary N) is 2. The average molecular weight is 283 g/mol. The standard InChI is InChI=1S/C15H13N3O3/c19-14(20)13-9-5-4-6-11(13)10-16-18-15(21)17-12-7-2-1-3-8-12/h1-10H,(H,19,20)(H2,17,18,21)/b16-10-. The summed E-state index contributed by atoms with van der Waals surface area (Å²) in [6.07, 6.45) is 1.29. The zero-order chi connectivity index (χ0) is 15.1. The van der Waals surface area contributed by atoms with E-state index < -0.39 is 12.0 Å². The molecule has 2 rings (SSSR count). The molecule has 0 atom stereocenters. The first-order chi connectivity index (χ1) is 10.2. The summed E-state index contributed by atoms with van der Waals surface area (Å²) >= 11 is 0. The van der Waals surface area contributed by atoms with E-state index in [-0.39, 0.29) is 5.56 Å². The number of amides is 2. The van der Waals surface area contributed by atoms with E-state index in [1.165, 1.54) is 12.3 Å². The number of carbonyl (C=O) groups is 2. The fourth-order valence-corrected chi connectivity index (χ4v) is 1.65. The van der Waals surface area contributed by atoms with Crippen LogP contribution in [0.5, 0.6) is 0 Å². The Morgan fingerprint density at radius 1 is 1.00 bits per heavy atom. The van der Waals surface area contributed by atoms with Crippen LogP contribution in [-0.4, -0.2) is 23.3 Å². The molecular formula is C15H13N3O3. The molecule has 0 aliphatic rings. The van der Waals surface area contributed by atoms with Crippen LogP contribution in [0.15, 0.2) is 59.7 Å². The van der Waals surface area contributed by atoms with Crippen LogP contribution in [0, 0.1) is 0 Å². The number of hydrogen-bond acceptors (Lipinski definition) is 3. The molecule has 0 spiro atoms. The SMILES string of the molecule is O=C(N/N=C\c1ccccc1C(=O)O)Nc1ccccc1. The Morgan fingerprint density at radius 3 is 2.38 bits per heavy atom. The van der Waals surface area contributed by atoms with Crippen molar-refractivity contribution in [3.63, 3.8) is 0 Å². The fraction of sp³-hybridized carbons (Fsp3) is 0. The minimum atomic E-state index is -1.05. The first-order valence-electron chi connectivity index (χ1n) is 6.14. The third-order valence-corrected chi connectivity index (χ3v) is 2.59. The molecule has 0 aromatic heterocycles. The highest BCUT2D eigenvalue weighted by Crippen LogP contribution is 2.06. The van der Waals surface area contributed by atoms with E-state index in [2.05, 4.69) is 15.8 Å². The number of urea groups is 1. The molecule has 0 unspecified atom stereocenters. The molecule has 6 heteroatoms. The van der Waals surface area contributed by atoms with Crippen molar-refractivity contribution < 1.29 is 14.7 Å². The molecule has 2 aromatic rings. The summed E-state index contributed by atoms with van der Waals surface area (Å²) < 4.78 is 0. The molecule has 0 aliphatic carbocycles. The largest absolute Gasteiger partial charge is 0.478 e. The lowest BCUT2D eigenvalue weighted by Gasteiger charge is -2.03. The van der Waals surface area contributed by atoms with Crippen molar-refractivity contribution in [2.45, 2.75) is 0 Å². The molecule has 106 valence electrons. The van der Waals surface area contributed by atoms with Crippen molar-refractivity contribution in [1.29, 1.82) is 0 Å². The molecule has 0 aliphatic heterocycles. The lowest BCUT2D eigenvalue weighted by atomic mass is 10.1. The first-order valence-corrected chi connectivity index (χ1v) is 6.14. The van der Waals surface area contributed by atoms with Crippen LogP contribution < -0.4 is 10.7 Å². The highest BCUT2D eigenvalue weighted by atomic mass is 16.4. The Kier molecular flexibility index (Phi) is 4.66. The van der Waals surface area contributed by atoms with Crippen LogP contribution >= 0.6 is 0 Å². The number of hydrogen-bond donors (Lipinski definition) is 3. The predicted octanol–water partition coefficient (Wildman–Crippen LogP) is 2.54. The molecule has 0 saturated carbocycles. The maximum atomic E-state index is 11.6. The highest BCUT2D eigenvalue weighted by molar-refractivity contribution is 5.98. The second-order valence-electron chi connectivity index (χ2n) is 4.08. The van der Waals surface area contributed by atoms with Gasteiger partial charge in [0.25, 0.3) is 0 Å². The topological polar surface area (TPSA) is 90.8 Å². The van der Waals surface area contributed by atoms with Gasteiger partial charge in [0.05, 0.1) is 11.8 Å². The summed E-state index contributed by atoms with van der Waals surface area (Å²) in [5.41, 5.74) is 3.43. The number of rotatable bonds is 4. The number of carboxylic acids is 1. The summed E-state index contributed by atoms with van der Waals surface area (Å²) in [4.78, 5) is 22.6. The Hall–Kier alpha value is -3.15. The minimum Gasteiger partial charge on any atom is -0.478 e. The van der Waals surface area contributed by atoms with Crippen LogP contribution in [0.4, 0.5) is 10.5 Å². The van der Waals surface area contributed by atoms with Crippen LogP contribution in [0.25, 0.3) is 0 Å². The highest BCUT2D eigenvalue weighted by Gasteiger charge is 2.06. The third kappa shape index (κ3) is 4.17. The minimum absolute atomic E-state index is 0.117. The van der Waals surface area contributed by atoms with Gasteiger partial charge in [0.1, 0.15) is 0 Å². The molecule has 0 saturated heterocycles. The number of aromatic carboxylic acids is 1. The molecule has 21 heavy (non-hydrogen) atoms. The summed E-state index contributed by atoms with van der Waals surface area (Å²) in [5, 5.41) is 15.3. The lowest BCUT2D eigenvalue weighted by Crippen LogP contribution is -2.24. The summed E-state index contributed by atoms with van der Waals surface area (Å²) in [5.74, 6) is -1.05. The van der Waals surface area contributed by atoms with Gasteiger partial charge < -0.3 is 10.4 Å². The predicted molar refractivity (Wildman–Crippen MR) is 79.6 cm³/mol. The Bertz CT molecular complexity index is 669. The van der Waals surface area contributed by atoms with Gasteiger partial charge in [0.2, 0.25) is 0 Å². The monoisotopic (exact) mass is 283 g/mol. The van der Waals surface area contributed by atoms with E-state index in [4.69, 9.17) is 5.11 Å². The van der Waals surface area contributed by atoms with Crippen molar-refractivity contribution in [3.05, 3.63) is 65.7 Å². The molecular weight excluding hydrogens is 270 g/mol. The van der Waals surface area contributed by atoms with E-state index in [0.717, 1.165) is 0 Å². The Balaban J connectivity index is 1.97. The Labute approximate surface area is 121 Å². The van der Waals surface area contributed by atoms with Gasteiger partial charge in [-0.05, 0) is 18.2 Å². The molecule has 2 amide bonds. The van der Waals surface area contributed by atoms with Crippen LogP contribution in [0.1, 0.15) is 15.9 Å². The van der Waals surface area contributed by atoms with E-state index in [1.807, 2.05) is 6.07 Å². The zero-order valence-electron chi connectivity index (χ0n) is 11.0. The van der Waals surface area contributed by atoms with Crippen molar-refractivity contribution in [1.82, 2.24) is 5.43 Å². The number of hydrazone groups is 1. The smallest absolute Gasteiger partial charge is 0.339 e. The van der Waals surface area contributed by atoms with Gasteiger partial charge in [-0.25, -0.2) is 15.0 Å². The average Bonchev–Trinajstić information content (AvgIpc) is 2.48. The number of carboxylic acid groups (broad SMARTS) is 1. The van der Waals surface area contributed by atoms with Gasteiger partial charge in [-0.1, -0.05) is 36.4 Å². The maximum Gasteiger partial charge on any atom is 0.339 e. The Morgan fingerprint density at radius 2 is 1.67 bits per heavy atom. The maximum absolute atomic E-state index is 11.6.